The van der Waals surface area contributed by atoms with Crippen molar-refractivity contribution >= 4 is 23.4 Å². The van der Waals surface area contributed by atoms with E-state index in [0.29, 0.717) is 18.7 Å². The number of hydrogen-bond acceptors (Lipinski definition) is 3. The molecule has 2 heterocycles. The summed E-state index contributed by atoms with van der Waals surface area (Å²) in [4.78, 5) is 26.7. The van der Waals surface area contributed by atoms with Crippen molar-refractivity contribution in [3.63, 3.8) is 0 Å². The summed E-state index contributed by atoms with van der Waals surface area (Å²) >= 11 is 0. The zero-order chi connectivity index (χ0) is 18.0. The molecule has 0 spiro atoms. The molecule has 6 nitrogen and oxygen atoms in total. The Labute approximate surface area is 144 Å². The minimum absolute atomic E-state index is 0.115. The highest BCUT2D eigenvalue weighted by atomic mass is 19.2. The number of piperidine rings is 1. The number of rotatable bonds is 3. The van der Waals surface area contributed by atoms with E-state index < -0.39 is 29.6 Å². The van der Waals surface area contributed by atoms with E-state index in [4.69, 9.17) is 5.11 Å². The van der Waals surface area contributed by atoms with Crippen LogP contribution in [0.4, 0.5) is 25.0 Å². The number of aliphatic carboxylic acids is 1. The third-order valence-corrected chi connectivity index (χ3v) is 4.80. The van der Waals surface area contributed by atoms with Gasteiger partial charge in [-0.1, -0.05) is 0 Å². The van der Waals surface area contributed by atoms with Gasteiger partial charge in [0.2, 0.25) is 0 Å². The van der Waals surface area contributed by atoms with E-state index in [0.717, 1.165) is 44.5 Å². The second-order valence-corrected chi connectivity index (χ2v) is 6.53. The van der Waals surface area contributed by atoms with Gasteiger partial charge < -0.3 is 20.2 Å². The third kappa shape index (κ3) is 3.83. The number of anilines is 2. The Morgan fingerprint density at radius 2 is 1.76 bits per heavy atom. The molecule has 0 saturated carbocycles. The van der Waals surface area contributed by atoms with Crippen LogP contribution in [-0.4, -0.2) is 48.2 Å². The van der Waals surface area contributed by atoms with Crippen LogP contribution in [-0.2, 0) is 4.79 Å². The minimum atomic E-state index is -1.03. The monoisotopic (exact) mass is 353 g/mol. The number of carbonyl (C=O) groups excluding carboxylic acids is 1. The van der Waals surface area contributed by atoms with Gasteiger partial charge in [0.05, 0.1) is 17.3 Å². The molecule has 1 aromatic rings. The molecule has 2 N–H and O–H groups in total. The lowest BCUT2D eigenvalue weighted by atomic mass is 10.1. The Hall–Kier alpha value is -2.38. The number of nitrogens with zero attached hydrogens (tertiary/aromatic N) is 2. The molecule has 0 aliphatic carbocycles. The normalized spacial score (nSPS) is 20.6. The van der Waals surface area contributed by atoms with Crippen molar-refractivity contribution in [2.75, 3.05) is 36.4 Å². The molecule has 1 atom stereocenters. The third-order valence-electron chi connectivity index (χ3n) is 4.80. The quantitative estimate of drug-likeness (QED) is 0.876. The molecule has 2 amide bonds. The van der Waals surface area contributed by atoms with Crippen LogP contribution in [0.25, 0.3) is 0 Å². The summed E-state index contributed by atoms with van der Waals surface area (Å²) in [5.41, 5.74) is 0.672. The van der Waals surface area contributed by atoms with Gasteiger partial charge in [-0.3, -0.25) is 4.79 Å². The highest BCUT2D eigenvalue weighted by molar-refractivity contribution is 5.93. The van der Waals surface area contributed by atoms with Gasteiger partial charge in [-0.15, -0.1) is 0 Å². The van der Waals surface area contributed by atoms with E-state index >= 15 is 0 Å². The van der Waals surface area contributed by atoms with Gasteiger partial charge in [0.15, 0.2) is 11.6 Å². The Morgan fingerprint density at radius 1 is 1.08 bits per heavy atom. The molecule has 1 unspecified atom stereocenters. The molecule has 1 aromatic carbocycles. The lowest BCUT2D eigenvalue weighted by Gasteiger charge is -2.31. The van der Waals surface area contributed by atoms with Crippen molar-refractivity contribution < 1.29 is 23.5 Å². The molecule has 8 heteroatoms. The predicted octanol–water partition coefficient (Wildman–Crippen LogP) is 2.89. The Morgan fingerprint density at radius 3 is 2.40 bits per heavy atom. The number of amides is 2. The van der Waals surface area contributed by atoms with Gasteiger partial charge >= 0.3 is 12.0 Å². The average Bonchev–Trinajstić information content (AvgIpc) is 3.09. The van der Waals surface area contributed by atoms with Crippen molar-refractivity contribution in [2.45, 2.75) is 25.7 Å². The molecule has 2 aliphatic rings. The summed E-state index contributed by atoms with van der Waals surface area (Å²) in [7, 11) is 0. The van der Waals surface area contributed by atoms with Crippen LogP contribution in [0.3, 0.4) is 0 Å². The maximum Gasteiger partial charge on any atom is 0.321 e. The fourth-order valence-electron chi connectivity index (χ4n) is 3.37. The van der Waals surface area contributed by atoms with Gasteiger partial charge in [0.1, 0.15) is 0 Å². The van der Waals surface area contributed by atoms with E-state index in [9.17, 15) is 18.4 Å². The summed E-state index contributed by atoms with van der Waals surface area (Å²) in [6, 6.07) is 1.61. The van der Waals surface area contributed by atoms with Crippen LogP contribution in [0.2, 0.25) is 0 Å². The first-order valence-corrected chi connectivity index (χ1v) is 8.48. The fourth-order valence-corrected chi connectivity index (χ4v) is 3.37. The Balaban J connectivity index is 1.78. The van der Waals surface area contributed by atoms with Gasteiger partial charge in [0, 0.05) is 38.3 Å². The number of nitrogens with one attached hydrogen (secondary N) is 1. The number of carboxylic acid groups (broad SMARTS) is 1. The van der Waals surface area contributed by atoms with Crippen molar-refractivity contribution in [1.82, 2.24) is 4.90 Å². The van der Waals surface area contributed by atoms with E-state index in [-0.39, 0.29) is 12.2 Å². The smallest absolute Gasteiger partial charge is 0.321 e. The van der Waals surface area contributed by atoms with Crippen molar-refractivity contribution in [3.8, 4) is 0 Å². The summed E-state index contributed by atoms with van der Waals surface area (Å²) < 4.78 is 27.4. The summed E-state index contributed by atoms with van der Waals surface area (Å²) in [6.45, 7) is 1.88. The SMILES string of the molecule is O=C(O)C1CCN(C(=O)Nc2cc(F)c(F)cc2N2CCCCC2)C1. The van der Waals surface area contributed by atoms with Gasteiger partial charge in [-0.2, -0.15) is 0 Å². The second kappa shape index (κ2) is 7.25. The molecule has 136 valence electrons. The van der Waals surface area contributed by atoms with Gasteiger partial charge in [-0.25, -0.2) is 13.6 Å². The molecule has 2 fully saturated rings. The number of likely N-dealkylation sites (tertiary alicyclic amines) is 1. The molecule has 2 aliphatic heterocycles. The van der Waals surface area contributed by atoms with Gasteiger partial charge in [0.25, 0.3) is 0 Å². The molecule has 0 bridgehead atoms. The summed E-state index contributed by atoms with van der Waals surface area (Å²) in [5, 5.41) is 11.7. The van der Waals surface area contributed by atoms with Crippen molar-refractivity contribution in [1.29, 1.82) is 0 Å². The van der Waals surface area contributed by atoms with Crippen LogP contribution in [0.1, 0.15) is 25.7 Å². The first-order valence-electron chi connectivity index (χ1n) is 8.48. The number of carboxylic acids is 1. The fraction of sp³-hybridized carbons (Fsp3) is 0.529. The largest absolute Gasteiger partial charge is 0.481 e. The topological polar surface area (TPSA) is 72.9 Å². The molecule has 3 rings (SSSR count). The molecular formula is C17H21F2N3O3. The number of hydrogen-bond donors (Lipinski definition) is 2. The molecular weight excluding hydrogens is 332 g/mol. The van der Waals surface area contributed by atoms with E-state index in [1.807, 2.05) is 4.90 Å². The maximum atomic E-state index is 13.7. The zero-order valence-corrected chi connectivity index (χ0v) is 13.8. The molecule has 25 heavy (non-hydrogen) atoms. The highest BCUT2D eigenvalue weighted by Crippen LogP contribution is 2.31. The Kier molecular flexibility index (Phi) is 5.06. The van der Waals surface area contributed by atoms with Crippen LogP contribution < -0.4 is 10.2 Å². The van der Waals surface area contributed by atoms with E-state index in [1.54, 1.807) is 0 Å². The van der Waals surface area contributed by atoms with Gasteiger partial charge in [-0.05, 0) is 25.7 Å². The van der Waals surface area contributed by atoms with Crippen LogP contribution in [0, 0.1) is 17.6 Å². The second-order valence-electron chi connectivity index (χ2n) is 6.53. The molecule has 0 aromatic heterocycles. The molecule has 0 radical (unpaired) electrons. The summed E-state index contributed by atoms with van der Waals surface area (Å²) in [5.74, 6) is -3.50. The average molecular weight is 353 g/mol. The van der Waals surface area contributed by atoms with E-state index in [2.05, 4.69) is 5.32 Å². The standard InChI is InChI=1S/C17H21F2N3O3/c18-12-8-14(15(9-13(12)19)21-5-2-1-3-6-21)20-17(25)22-7-4-11(10-22)16(23)24/h8-9,11H,1-7,10H2,(H,20,25)(H,23,24). The predicted molar refractivity (Wildman–Crippen MR) is 88.8 cm³/mol. The van der Waals surface area contributed by atoms with Crippen molar-refractivity contribution in [3.05, 3.63) is 23.8 Å². The minimum Gasteiger partial charge on any atom is -0.481 e. The Bertz CT molecular complexity index is 677. The van der Waals surface area contributed by atoms with Crippen LogP contribution in [0.15, 0.2) is 12.1 Å². The maximum absolute atomic E-state index is 13.7. The lowest BCUT2D eigenvalue weighted by Crippen LogP contribution is -2.35. The first kappa shape index (κ1) is 17.4. The highest BCUT2D eigenvalue weighted by Gasteiger charge is 2.31. The van der Waals surface area contributed by atoms with Crippen LogP contribution in [0.5, 0.6) is 0 Å². The van der Waals surface area contributed by atoms with Crippen LogP contribution >= 0.6 is 0 Å². The number of urea groups is 1. The number of halogens is 2. The number of carbonyl (C=O) groups is 2. The van der Waals surface area contributed by atoms with E-state index in [1.165, 1.54) is 4.90 Å². The lowest BCUT2D eigenvalue weighted by molar-refractivity contribution is -0.141. The zero-order valence-electron chi connectivity index (χ0n) is 13.8. The first-order chi connectivity index (χ1) is 12.0. The summed E-state index contributed by atoms with van der Waals surface area (Å²) in [6.07, 6.45) is 3.39. The molecule has 2 saturated heterocycles. The van der Waals surface area contributed by atoms with Crippen molar-refractivity contribution in [2.24, 2.45) is 5.92 Å². The number of benzene rings is 1.